The van der Waals surface area contributed by atoms with E-state index < -0.39 is 0 Å². The van der Waals surface area contributed by atoms with Crippen molar-refractivity contribution in [3.05, 3.63) is 149 Å². The van der Waals surface area contributed by atoms with Crippen LogP contribution in [0.2, 0.25) is 0 Å². The van der Waals surface area contributed by atoms with Gasteiger partial charge >= 0.3 is 0 Å². The molecule has 0 unspecified atom stereocenters. The number of aliphatic imine (C=N–C) groups is 1. The molecule has 6 aromatic rings. The third-order valence-electron chi connectivity index (χ3n) is 8.46. The van der Waals surface area contributed by atoms with Gasteiger partial charge in [0, 0.05) is 90.3 Å². The number of pyridine rings is 4. The predicted octanol–water partition coefficient (Wildman–Crippen LogP) is 11.4. The summed E-state index contributed by atoms with van der Waals surface area (Å²) in [6.45, 7) is 26.1. The molecule has 6 aromatic heterocycles. The Morgan fingerprint density at radius 1 is 0.692 bits per heavy atom. The Balaban J connectivity index is 0.000000948. The van der Waals surface area contributed by atoms with Crippen LogP contribution in [0.1, 0.15) is 124 Å². The van der Waals surface area contributed by atoms with E-state index in [0.717, 1.165) is 85.3 Å². The highest BCUT2D eigenvalue weighted by atomic mass is 32.1. The number of aromatic nitrogens is 6. The Hall–Kier alpha value is -6.80. The average Bonchev–Trinajstić information content (AvgIpc) is 3.93. The third kappa shape index (κ3) is 24.6. The molecule has 14 heteroatoms. The van der Waals surface area contributed by atoms with Gasteiger partial charge in [-0.2, -0.15) is 0 Å². The van der Waals surface area contributed by atoms with Crippen molar-refractivity contribution in [2.24, 2.45) is 16.5 Å². The second kappa shape index (κ2) is 35.6. The Kier molecular flexibility index (Phi) is 31.9. The molecule has 2 amide bonds. The fourth-order valence-electron chi connectivity index (χ4n) is 5.23. The van der Waals surface area contributed by atoms with Gasteiger partial charge in [0.15, 0.2) is 5.76 Å². The standard InChI is InChI=1S/C22H22N4O.C17H17N3O.2C4H10.C2H4S.2CH3NO/c1-5-7-23-13-16(3)21-12-20(26-27-21)11-18-9-15(2)22(25-14-18)19-6-8-24-17(4)10-19;1-11-6-14(9-16-8-13(3)21-20-16)10-19-17(11)15-4-5-18-12(2)7-15;2*1-3-4-2;1-2-3;2*2-1-3/h5-10,12-14H,1,11H2,2-4H3;4-8,10H,9H2,1-3H3;2*3-4H2,1-2H3;2H,1H3;2*1H,(H2,2,3)/b16-13+,23-7?;;;;;;. The smallest absolute Gasteiger partial charge is 0.204 e. The minimum atomic E-state index is 0.250. The quantitative estimate of drug-likeness (QED) is 0.0711. The number of thiocarbonyl (C=S) groups is 1. The number of hydrogen-bond acceptors (Lipinski definition) is 12. The molecular formula is C51H69N9O4S. The summed E-state index contributed by atoms with van der Waals surface area (Å²) in [5.74, 6) is 1.54. The molecule has 0 saturated heterocycles. The van der Waals surface area contributed by atoms with E-state index in [2.05, 4.69) is 125 Å². The lowest BCUT2D eigenvalue weighted by molar-refractivity contribution is -0.107. The molecule has 0 spiro atoms. The molecule has 0 aliphatic carbocycles. The number of primary amides is 2. The zero-order chi connectivity index (χ0) is 49.0. The maximum atomic E-state index is 8.58. The van der Waals surface area contributed by atoms with Crippen molar-refractivity contribution in [1.29, 1.82) is 0 Å². The van der Waals surface area contributed by atoms with Crippen molar-refractivity contribution in [1.82, 2.24) is 30.2 Å². The molecule has 13 nitrogen and oxygen atoms in total. The Bertz CT molecular complexity index is 2310. The van der Waals surface area contributed by atoms with E-state index in [4.69, 9.17) is 18.6 Å². The minimum Gasteiger partial charge on any atom is -0.372 e. The van der Waals surface area contributed by atoms with E-state index in [1.54, 1.807) is 23.9 Å². The van der Waals surface area contributed by atoms with Crippen molar-refractivity contribution in [3.8, 4) is 22.5 Å². The first-order chi connectivity index (χ1) is 31.2. The van der Waals surface area contributed by atoms with Crippen LogP contribution in [0.3, 0.4) is 0 Å². The molecule has 0 fully saturated rings. The van der Waals surface area contributed by atoms with Crippen LogP contribution < -0.4 is 11.5 Å². The fraction of sp³-hybridized carbons (Fsp3) is 0.333. The molecule has 348 valence electrons. The Labute approximate surface area is 392 Å². The Morgan fingerprint density at radius 2 is 1.11 bits per heavy atom. The first kappa shape index (κ1) is 58.2. The summed E-state index contributed by atoms with van der Waals surface area (Å²) in [6.07, 6.45) is 19.6. The number of amides is 2. The van der Waals surface area contributed by atoms with Crippen LogP contribution in [0.4, 0.5) is 0 Å². The van der Waals surface area contributed by atoms with Crippen LogP contribution in [0.25, 0.3) is 28.1 Å². The third-order valence-corrected chi connectivity index (χ3v) is 8.46. The number of unbranched alkanes of at least 4 members (excludes halogenated alkanes) is 2. The number of aryl methyl sites for hydroxylation is 5. The summed E-state index contributed by atoms with van der Waals surface area (Å²) in [5, 5.41) is 9.76. The molecular weight excluding hydrogens is 835 g/mol. The molecule has 0 bridgehead atoms. The van der Waals surface area contributed by atoms with Crippen molar-refractivity contribution < 1.29 is 18.6 Å². The lowest BCUT2D eigenvalue weighted by Crippen LogP contribution is -1.95. The molecule has 65 heavy (non-hydrogen) atoms. The number of rotatable bonds is 11. The van der Waals surface area contributed by atoms with Gasteiger partial charge in [-0.05, 0) is 100 Å². The normalized spacial score (nSPS) is 9.92. The fourth-order valence-corrected chi connectivity index (χ4v) is 5.23. The average molecular weight is 904 g/mol. The molecule has 0 atom stereocenters. The Morgan fingerprint density at radius 3 is 1.46 bits per heavy atom. The number of carbonyl (C=O) groups is 2. The van der Waals surface area contributed by atoms with E-state index in [0.29, 0.717) is 12.2 Å². The molecule has 0 aromatic carbocycles. The number of nitrogens with zero attached hydrogens (tertiary/aromatic N) is 7. The topological polar surface area (TPSA) is 202 Å². The van der Waals surface area contributed by atoms with E-state index in [1.165, 1.54) is 25.7 Å². The van der Waals surface area contributed by atoms with Gasteiger partial charge in [-0.1, -0.05) is 101 Å². The molecule has 6 heterocycles. The maximum absolute atomic E-state index is 8.58. The van der Waals surface area contributed by atoms with Gasteiger partial charge in [0.1, 0.15) is 5.76 Å². The number of nitrogens with two attached hydrogens (primary N) is 2. The second-order valence-corrected chi connectivity index (χ2v) is 14.7. The predicted molar refractivity (Wildman–Crippen MR) is 271 cm³/mol. The van der Waals surface area contributed by atoms with E-state index >= 15 is 0 Å². The number of hydrogen-bond donors (Lipinski definition) is 2. The zero-order valence-corrected chi connectivity index (χ0v) is 41.0. The molecule has 6 rings (SSSR count). The molecule has 4 N–H and O–H groups in total. The summed E-state index contributed by atoms with van der Waals surface area (Å²) in [7, 11) is 0. The molecule has 0 radical (unpaired) electrons. The maximum Gasteiger partial charge on any atom is 0.204 e. The minimum absolute atomic E-state index is 0.250. The number of carbonyl (C=O) groups excluding carboxylic acids is 2. The van der Waals surface area contributed by atoms with Crippen LogP contribution in [-0.2, 0) is 22.4 Å². The van der Waals surface area contributed by atoms with Crippen molar-refractivity contribution in [2.45, 2.75) is 115 Å². The van der Waals surface area contributed by atoms with Crippen LogP contribution in [0.5, 0.6) is 0 Å². The van der Waals surface area contributed by atoms with Gasteiger partial charge in [-0.25, -0.2) is 0 Å². The summed E-state index contributed by atoms with van der Waals surface area (Å²) in [5.41, 5.74) is 21.7. The van der Waals surface area contributed by atoms with Crippen LogP contribution in [-0.4, -0.2) is 54.7 Å². The zero-order valence-electron chi connectivity index (χ0n) is 40.2. The van der Waals surface area contributed by atoms with E-state index in [1.807, 2.05) is 89.7 Å². The van der Waals surface area contributed by atoms with Gasteiger partial charge < -0.3 is 20.5 Å². The van der Waals surface area contributed by atoms with E-state index in [-0.39, 0.29) is 12.8 Å². The van der Waals surface area contributed by atoms with Crippen molar-refractivity contribution in [3.63, 3.8) is 0 Å². The van der Waals surface area contributed by atoms with Gasteiger partial charge in [-0.3, -0.25) is 34.5 Å². The number of allylic oxidation sites excluding steroid dienone is 2. The summed E-state index contributed by atoms with van der Waals surface area (Å²) in [4.78, 5) is 39.0. The highest BCUT2D eigenvalue weighted by Gasteiger charge is 2.11. The van der Waals surface area contributed by atoms with Gasteiger partial charge in [0.2, 0.25) is 12.8 Å². The summed E-state index contributed by atoms with van der Waals surface area (Å²) < 4.78 is 10.5. The summed E-state index contributed by atoms with van der Waals surface area (Å²) >= 11 is 4.27. The van der Waals surface area contributed by atoms with Gasteiger partial charge in [0.05, 0.1) is 22.8 Å². The van der Waals surface area contributed by atoms with Crippen molar-refractivity contribution in [2.75, 3.05) is 0 Å². The monoisotopic (exact) mass is 904 g/mol. The van der Waals surface area contributed by atoms with E-state index in [9.17, 15) is 0 Å². The summed E-state index contributed by atoms with van der Waals surface area (Å²) in [6, 6.07) is 16.3. The van der Waals surface area contributed by atoms with Gasteiger partial charge in [-0.15, -0.1) is 0 Å². The molecule has 0 aliphatic heterocycles. The molecule has 0 aliphatic rings. The van der Waals surface area contributed by atoms with Crippen LogP contribution in [0, 0.1) is 34.6 Å². The highest BCUT2D eigenvalue weighted by Crippen LogP contribution is 2.25. The second-order valence-electron chi connectivity index (χ2n) is 14.2. The van der Waals surface area contributed by atoms with Crippen LogP contribution in [0.15, 0.2) is 106 Å². The lowest BCUT2D eigenvalue weighted by atomic mass is 10.0. The van der Waals surface area contributed by atoms with Gasteiger partial charge in [0.25, 0.3) is 0 Å². The SMILES string of the molecule is C=CC=N/C=C(\C)c1cc(Cc2cnc(-c3ccnc(C)c3)c(C)c2)no1.CC=S.CCCC.CCCC.Cc1cc(-c2ncc(Cc3cc(C)on3)cc2C)ccn1.NC=O.NC=O. The first-order valence-corrected chi connectivity index (χ1v) is 21.9. The largest absolute Gasteiger partial charge is 0.372 e. The lowest BCUT2D eigenvalue weighted by Gasteiger charge is -2.07. The molecule has 0 saturated carbocycles. The van der Waals surface area contributed by atoms with Crippen molar-refractivity contribution >= 4 is 42.2 Å². The van der Waals surface area contributed by atoms with Crippen LogP contribution >= 0.6 is 12.2 Å². The first-order valence-electron chi connectivity index (χ1n) is 21.4. The highest BCUT2D eigenvalue weighted by molar-refractivity contribution is 7.78.